The monoisotopic (exact) mass is 357 g/mol. The van der Waals surface area contributed by atoms with Crippen LogP contribution in [-0.4, -0.2) is 27.1 Å². The van der Waals surface area contributed by atoms with Crippen molar-refractivity contribution in [3.05, 3.63) is 59.3 Å². The molecule has 0 unspecified atom stereocenters. The van der Waals surface area contributed by atoms with E-state index in [1.54, 1.807) is 24.0 Å². The van der Waals surface area contributed by atoms with Gasteiger partial charge in [0.25, 0.3) is 5.91 Å². The standard InChI is InChI=1S/C21H19N5O/c1-3-13(9-22)11-26-12-17-16(6-7-18(23)20(17)21(26)27)14-4-5-15-10-24-25(2)19(15)8-14/h3-8,10H,11-12,23H2,1-2H3/b13-3-. The van der Waals surface area contributed by atoms with E-state index < -0.39 is 0 Å². The summed E-state index contributed by atoms with van der Waals surface area (Å²) >= 11 is 0. The van der Waals surface area contributed by atoms with Crippen molar-refractivity contribution >= 4 is 22.5 Å². The maximum absolute atomic E-state index is 12.9. The van der Waals surface area contributed by atoms with Gasteiger partial charge in [0.2, 0.25) is 0 Å². The molecule has 0 spiro atoms. The Balaban J connectivity index is 1.81. The number of aromatic nitrogens is 2. The maximum atomic E-state index is 12.9. The molecular weight excluding hydrogens is 338 g/mol. The van der Waals surface area contributed by atoms with Crippen molar-refractivity contribution in [1.82, 2.24) is 14.7 Å². The minimum absolute atomic E-state index is 0.124. The van der Waals surface area contributed by atoms with Gasteiger partial charge in [0.05, 0.1) is 29.9 Å². The molecule has 3 aromatic rings. The van der Waals surface area contributed by atoms with Crippen LogP contribution in [0, 0.1) is 11.3 Å². The van der Waals surface area contributed by atoms with Crippen molar-refractivity contribution < 1.29 is 4.79 Å². The Labute approximate surface area is 157 Å². The van der Waals surface area contributed by atoms with Gasteiger partial charge in [0.15, 0.2) is 0 Å². The van der Waals surface area contributed by atoms with Crippen LogP contribution in [0.3, 0.4) is 0 Å². The molecule has 1 aliphatic rings. The highest BCUT2D eigenvalue weighted by Crippen LogP contribution is 2.37. The Morgan fingerprint density at radius 1 is 1.37 bits per heavy atom. The van der Waals surface area contributed by atoms with Gasteiger partial charge in [-0.15, -0.1) is 0 Å². The van der Waals surface area contributed by atoms with Crippen LogP contribution in [-0.2, 0) is 13.6 Å². The zero-order valence-corrected chi connectivity index (χ0v) is 15.2. The second kappa shape index (κ2) is 6.29. The highest BCUT2D eigenvalue weighted by molar-refractivity contribution is 6.05. The van der Waals surface area contributed by atoms with Gasteiger partial charge >= 0.3 is 0 Å². The average molecular weight is 357 g/mol. The van der Waals surface area contributed by atoms with E-state index in [-0.39, 0.29) is 5.91 Å². The van der Waals surface area contributed by atoms with E-state index in [1.165, 1.54) is 0 Å². The van der Waals surface area contributed by atoms with E-state index in [0.717, 1.165) is 27.6 Å². The molecule has 134 valence electrons. The summed E-state index contributed by atoms with van der Waals surface area (Å²) in [6, 6.07) is 12.0. The van der Waals surface area contributed by atoms with Gasteiger partial charge in [-0.3, -0.25) is 9.48 Å². The number of nitrogen functional groups attached to an aromatic ring is 1. The summed E-state index contributed by atoms with van der Waals surface area (Å²) < 4.78 is 1.83. The Kier molecular flexibility index (Phi) is 3.93. The first-order valence-corrected chi connectivity index (χ1v) is 8.71. The third-order valence-electron chi connectivity index (χ3n) is 5.11. The molecule has 1 aliphatic heterocycles. The summed E-state index contributed by atoms with van der Waals surface area (Å²) in [5, 5.41) is 14.6. The fourth-order valence-corrected chi connectivity index (χ4v) is 3.61. The fourth-order valence-electron chi connectivity index (χ4n) is 3.61. The molecule has 6 nitrogen and oxygen atoms in total. The SMILES string of the molecule is C/C=C(/C#N)CN1Cc2c(-c3ccc4cnn(C)c4c3)ccc(N)c2C1=O. The smallest absolute Gasteiger partial charge is 0.256 e. The van der Waals surface area contributed by atoms with E-state index in [4.69, 9.17) is 5.73 Å². The molecule has 0 saturated heterocycles. The van der Waals surface area contributed by atoms with Crippen molar-refractivity contribution in [2.75, 3.05) is 12.3 Å². The third-order valence-corrected chi connectivity index (χ3v) is 5.11. The molecule has 0 atom stereocenters. The zero-order chi connectivity index (χ0) is 19.1. The summed E-state index contributed by atoms with van der Waals surface area (Å²) in [7, 11) is 1.91. The number of anilines is 1. The predicted octanol–water partition coefficient (Wildman–Crippen LogP) is 3.25. The van der Waals surface area contributed by atoms with Crippen LogP contribution in [0.15, 0.2) is 48.2 Å². The lowest BCUT2D eigenvalue weighted by Gasteiger charge is -2.14. The molecule has 0 bridgehead atoms. The minimum Gasteiger partial charge on any atom is -0.398 e. The number of hydrogen-bond donors (Lipinski definition) is 1. The largest absolute Gasteiger partial charge is 0.398 e. The summed E-state index contributed by atoms with van der Waals surface area (Å²) in [6.45, 7) is 2.53. The van der Waals surface area contributed by atoms with Gasteiger partial charge in [-0.25, -0.2) is 0 Å². The number of nitrogens with zero attached hydrogens (tertiary/aromatic N) is 4. The molecule has 1 amide bonds. The second-order valence-electron chi connectivity index (χ2n) is 6.68. The Hall–Kier alpha value is -3.59. The topological polar surface area (TPSA) is 87.9 Å². The van der Waals surface area contributed by atoms with Crippen LogP contribution < -0.4 is 5.73 Å². The van der Waals surface area contributed by atoms with Gasteiger partial charge in [-0.2, -0.15) is 10.4 Å². The molecule has 27 heavy (non-hydrogen) atoms. The summed E-state index contributed by atoms with van der Waals surface area (Å²) in [4.78, 5) is 14.6. The van der Waals surface area contributed by atoms with Gasteiger partial charge in [0, 0.05) is 30.2 Å². The second-order valence-corrected chi connectivity index (χ2v) is 6.68. The number of benzene rings is 2. The number of carbonyl (C=O) groups excluding carboxylic acids is 1. The molecule has 6 heteroatoms. The van der Waals surface area contributed by atoms with Crippen LogP contribution in [0.1, 0.15) is 22.8 Å². The molecule has 2 N–H and O–H groups in total. The van der Waals surface area contributed by atoms with E-state index in [1.807, 2.05) is 36.1 Å². The van der Waals surface area contributed by atoms with Crippen molar-refractivity contribution in [1.29, 1.82) is 5.26 Å². The van der Waals surface area contributed by atoms with Gasteiger partial charge in [-0.05, 0) is 35.7 Å². The number of nitrogens with two attached hydrogens (primary N) is 1. The van der Waals surface area contributed by atoms with Crippen molar-refractivity contribution in [3.8, 4) is 17.2 Å². The number of rotatable bonds is 3. The average Bonchev–Trinajstić information content (AvgIpc) is 3.21. The lowest BCUT2D eigenvalue weighted by atomic mass is 9.95. The van der Waals surface area contributed by atoms with E-state index >= 15 is 0 Å². The normalized spacial score (nSPS) is 13.9. The molecular formula is C21H19N5O. The Morgan fingerprint density at radius 3 is 2.93 bits per heavy atom. The lowest BCUT2D eigenvalue weighted by Crippen LogP contribution is -2.26. The minimum atomic E-state index is -0.124. The molecule has 2 aromatic carbocycles. The molecule has 1 aromatic heterocycles. The van der Waals surface area contributed by atoms with E-state index in [0.29, 0.717) is 29.9 Å². The first-order chi connectivity index (χ1) is 13.0. The molecule has 2 heterocycles. The first-order valence-electron chi connectivity index (χ1n) is 8.71. The van der Waals surface area contributed by atoms with Crippen LogP contribution in [0.25, 0.3) is 22.0 Å². The van der Waals surface area contributed by atoms with Crippen molar-refractivity contribution in [3.63, 3.8) is 0 Å². The zero-order valence-electron chi connectivity index (χ0n) is 15.2. The van der Waals surface area contributed by atoms with Crippen LogP contribution in [0.2, 0.25) is 0 Å². The number of nitriles is 1. The van der Waals surface area contributed by atoms with Crippen LogP contribution in [0.4, 0.5) is 5.69 Å². The molecule has 4 rings (SSSR count). The van der Waals surface area contributed by atoms with Crippen LogP contribution >= 0.6 is 0 Å². The van der Waals surface area contributed by atoms with E-state index in [2.05, 4.69) is 17.2 Å². The molecule has 0 aliphatic carbocycles. The van der Waals surface area contributed by atoms with Crippen molar-refractivity contribution in [2.45, 2.75) is 13.5 Å². The summed E-state index contributed by atoms with van der Waals surface area (Å²) in [6.07, 6.45) is 3.56. The summed E-state index contributed by atoms with van der Waals surface area (Å²) in [5.41, 5.74) is 11.6. The highest BCUT2D eigenvalue weighted by atomic mass is 16.2. The lowest BCUT2D eigenvalue weighted by molar-refractivity contribution is 0.0794. The quantitative estimate of drug-likeness (QED) is 0.576. The molecule has 0 saturated carbocycles. The Bertz CT molecular complexity index is 1150. The number of aryl methyl sites for hydroxylation is 1. The first kappa shape index (κ1) is 16.9. The van der Waals surface area contributed by atoms with Gasteiger partial charge in [-0.1, -0.05) is 24.3 Å². The number of hydrogen-bond acceptors (Lipinski definition) is 4. The predicted molar refractivity (Wildman–Crippen MR) is 105 cm³/mol. The van der Waals surface area contributed by atoms with Crippen LogP contribution in [0.5, 0.6) is 0 Å². The fraction of sp³-hybridized carbons (Fsp3) is 0.190. The van der Waals surface area contributed by atoms with Crippen molar-refractivity contribution in [2.24, 2.45) is 7.05 Å². The number of carbonyl (C=O) groups is 1. The number of fused-ring (bicyclic) bond motifs is 2. The highest BCUT2D eigenvalue weighted by Gasteiger charge is 2.32. The maximum Gasteiger partial charge on any atom is 0.256 e. The third kappa shape index (κ3) is 2.64. The number of amides is 1. The number of allylic oxidation sites excluding steroid dienone is 1. The van der Waals surface area contributed by atoms with Gasteiger partial charge in [0.1, 0.15) is 0 Å². The van der Waals surface area contributed by atoms with Gasteiger partial charge < -0.3 is 10.6 Å². The molecule has 0 radical (unpaired) electrons. The summed E-state index contributed by atoms with van der Waals surface area (Å²) in [5.74, 6) is -0.124. The molecule has 0 fully saturated rings. The Morgan fingerprint density at radius 2 is 2.19 bits per heavy atom. The van der Waals surface area contributed by atoms with E-state index in [9.17, 15) is 10.1 Å².